The molecule has 1 aromatic rings. The minimum Gasteiger partial charge on any atom is -0.481 e. The van der Waals surface area contributed by atoms with Crippen molar-refractivity contribution in [1.82, 2.24) is 10.3 Å². The Morgan fingerprint density at radius 3 is 2.50 bits per heavy atom. The van der Waals surface area contributed by atoms with E-state index in [1.165, 1.54) is 0 Å². The van der Waals surface area contributed by atoms with Crippen molar-refractivity contribution < 1.29 is 19.8 Å². The van der Waals surface area contributed by atoms with Gasteiger partial charge in [-0.2, -0.15) is 0 Å². The first-order valence-electron chi connectivity index (χ1n) is 14.0. The summed E-state index contributed by atoms with van der Waals surface area (Å²) in [6.45, 7) is 1.50. The lowest BCUT2D eigenvalue weighted by molar-refractivity contribution is -0.138. The summed E-state index contributed by atoms with van der Waals surface area (Å²) >= 11 is 4.79. The molecule has 7 nitrogen and oxygen atoms in total. The Bertz CT molecular complexity index is 1030. The van der Waals surface area contributed by atoms with Crippen LogP contribution in [0.2, 0.25) is 0 Å². The third-order valence-corrected chi connectivity index (χ3v) is 10.1. The molecule has 1 amide bonds. The Balaban J connectivity index is 1.26. The van der Waals surface area contributed by atoms with E-state index in [1.807, 2.05) is 6.07 Å². The Labute approximate surface area is 218 Å². The Morgan fingerprint density at radius 1 is 1.11 bits per heavy atom. The maximum absolute atomic E-state index is 13.8. The fourth-order valence-corrected chi connectivity index (χ4v) is 8.87. The molecule has 0 radical (unpaired) electrons. The Kier molecular flexibility index (Phi) is 6.47. The van der Waals surface area contributed by atoms with Gasteiger partial charge >= 0.3 is 5.97 Å². The maximum Gasteiger partial charge on any atom is 0.303 e. The number of rotatable bonds is 6. The molecule has 1 saturated heterocycles. The van der Waals surface area contributed by atoms with Crippen LogP contribution in [0.15, 0.2) is 11.0 Å². The van der Waals surface area contributed by atoms with Crippen LogP contribution < -0.4 is 10.2 Å². The van der Waals surface area contributed by atoms with E-state index in [0.29, 0.717) is 34.8 Å². The van der Waals surface area contributed by atoms with Gasteiger partial charge in [-0.15, -0.1) is 12.6 Å². The zero-order valence-electron chi connectivity index (χ0n) is 21.0. The number of nitrogens with one attached hydrogen (secondary N) is 1. The number of aliphatic carboxylic acids is 1. The van der Waals surface area contributed by atoms with Crippen LogP contribution in [0.1, 0.15) is 99.0 Å². The highest BCUT2D eigenvalue weighted by atomic mass is 32.1. The molecular weight excluding hydrogens is 474 g/mol. The second kappa shape index (κ2) is 9.50. The minimum atomic E-state index is -0.753. The quantitative estimate of drug-likeness (QED) is 0.421. The van der Waals surface area contributed by atoms with E-state index in [2.05, 4.69) is 10.2 Å². The number of carboxylic acids is 1. The third kappa shape index (κ3) is 4.64. The predicted molar refractivity (Wildman–Crippen MR) is 140 cm³/mol. The number of carbonyl (C=O) groups is 2. The zero-order valence-corrected chi connectivity index (χ0v) is 21.9. The summed E-state index contributed by atoms with van der Waals surface area (Å²) in [5, 5.41) is 23.6. The molecule has 196 valence electrons. The molecule has 2 unspecified atom stereocenters. The smallest absolute Gasteiger partial charge is 0.303 e. The van der Waals surface area contributed by atoms with Crippen LogP contribution in [0.3, 0.4) is 0 Å². The summed E-state index contributed by atoms with van der Waals surface area (Å²) in [7, 11) is 0. The first kappa shape index (κ1) is 24.5. The highest BCUT2D eigenvalue weighted by Gasteiger charge is 2.55. The van der Waals surface area contributed by atoms with E-state index < -0.39 is 11.6 Å². The average molecular weight is 514 g/mol. The molecule has 2 heterocycles. The van der Waals surface area contributed by atoms with E-state index >= 15 is 0 Å². The largest absolute Gasteiger partial charge is 0.481 e. The molecule has 36 heavy (non-hydrogen) atoms. The number of pyridine rings is 1. The first-order chi connectivity index (χ1) is 17.3. The van der Waals surface area contributed by atoms with E-state index in [-0.39, 0.29) is 30.2 Å². The van der Waals surface area contributed by atoms with Crippen molar-refractivity contribution in [2.75, 3.05) is 18.0 Å². The monoisotopic (exact) mass is 513 g/mol. The number of nitrogens with zero attached hydrogens (tertiary/aromatic N) is 2. The molecule has 3 N–H and O–H groups in total. The standard InChI is InChI=1S/C28H39N3O4S/c32-23(33)10-16-4-3-7-31(15-16)26-22(36)11-21(25(29-26)18-5-1-2-6-18)27(34)30-24-19-8-17-9-20(24)14-28(35,12-17)13-19/h11,16-20,24,35-36H,1-10,12-15H2,(H,30,34)(H,32,33)/t16-,17?,19?,20?,24?,28?/m0/s1. The molecule has 7 rings (SSSR count). The number of carboxylic acid groups (broad SMARTS) is 1. The highest BCUT2D eigenvalue weighted by Crippen LogP contribution is 2.55. The fraction of sp³-hybridized carbons (Fsp3) is 0.750. The predicted octanol–water partition coefficient (Wildman–Crippen LogP) is 4.39. The van der Waals surface area contributed by atoms with Crippen molar-refractivity contribution >= 4 is 30.3 Å². The van der Waals surface area contributed by atoms with Gasteiger partial charge in [0.15, 0.2) is 0 Å². The van der Waals surface area contributed by atoms with Gasteiger partial charge in [0.2, 0.25) is 0 Å². The lowest BCUT2D eigenvalue weighted by Crippen LogP contribution is -2.61. The van der Waals surface area contributed by atoms with Crippen molar-refractivity contribution in [3.63, 3.8) is 0 Å². The number of thiol groups is 1. The second-order valence-electron chi connectivity index (χ2n) is 12.5. The lowest BCUT2D eigenvalue weighted by atomic mass is 9.52. The molecule has 6 fully saturated rings. The van der Waals surface area contributed by atoms with E-state index in [9.17, 15) is 19.8 Å². The van der Waals surface area contributed by atoms with E-state index in [0.717, 1.165) is 88.7 Å². The SMILES string of the molecule is O=C(O)C[C@@H]1CCCN(c2nc(C3CCCC3)c(C(=O)NC3C4CC5CC3CC(O)(C5)C4)cc2S)C1. The van der Waals surface area contributed by atoms with Crippen molar-refractivity contribution in [2.24, 2.45) is 23.7 Å². The van der Waals surface area contributed by atoms with Crippen molar-refractivity contribution in [3.8, 4) is 0 Å². The van der Waals surface area contributed by atoms with Crippen LogP contribution in [-0.4, -0.2) is 51.8 Å². The van der Waals surface area contributed by atoms with E-state index in [1.54, 1.807) is 0 Å². The molecule has 0 aromatic carbocycles. The van der Waals surface area contributed by atoms with Crippen molar-refractivity contribution in [1.29, 1.82) is 0 Å². The van der Waals surface area contributed by atoms with Gasteiger partial charge in [0, 0.05) is 36.4 Å². The molecule has 1 aromatic heterocycles. The maximum atomic E-state index is 13.8. The number of hydrogen-bond acceptors (Lipinski definition) is 6. The van der Waals surface area contributed by atoms with Gasteiger partial charge in [-0.3, -0.25) is 9.59 Å². The van der Waals surface area contributed by atoms with Gasteiger partial charge in [-0.1, -0.05) is 12.8 Å². The topological polar surface area (TPSA) is 103 Å². The summed E-state index contributed by atoms with van der Waals surface area (Å²) in [4.78, 5) is 33.1. The summed E-state index contributed by atoms with van der Waals surface area (Å²) in [5.41, 5.74) is 1.03. The van der Waals surface area contributed by atoms with Gasteiger partial charge in [-0.05, 0) is 87.5 Å². The summed E-state index contributed by atoms with van der Waals surface area (Å²) in [6.07, 6.45) is 11.2. The van der Waals surface area contributed by atoms with E-state index in [4.69, 9.17) is 17.6 Å². The molecule has 6 aliphatic rings. The van der Waals surface area contributed by atoms with Crippen molar-refractivity contribution in [2.45, 2.75) is 99.5 Å². The number of hydrogen-bond donors (Lipinski definition) is 4. The average Bonchev–Trinajstić information content (AvgIpc) is 3.34. The molecule has 4 bridgehead atoms. The number of piperidine rings is 1. The summed E-state index contributed by atoms with van der Waals surface area (Å²) in [5.74, 6) is 1.71. The van der Waals surface area contributed by atoms with Crippen LogP contribution in [0.25, 0.3) is 0 Å². The van der Waals surface area contributed by atoms with Crippen LogP contribution in [0.5, 0.6) is 0 Å². The Hall–Kier alpha value is -1.80. The van der Waals surface area contributed by atoms with Gasteiger partial charge in [0.05, 0.1) is 16.9 Å². The van der Waals surface area contributed by atoms with Gasteiger partial charge < -0.3 is 20.4 Å². The second-order valence-corrected chi connectivity index (χ2v) is 13.0. The number of anilines is 1. The third-order valence-electron chi connectivity index (χ3n) is 9.82. The summed E-state index contributed by atoms with van der Waals surface area (Å²) < 4.78 is 0. The van der Waals surface area contributed by atoms with Gasteiger partial charge in [-0.25, -0.2) is 4.98 Å². The number of aliphatic hydroxyl groups is 1. The van der Waals surface area contributed by atoms with Crippen LogP contribution in [0, 0.1) is 23.7 Å². The van der Waals surface area contributed by atoms with Crippen LogP contribution in [-0.2, 0) is 4.79 Å². The molecule has 5 aliphatic carbocycles. The molecule has 8 heteroatoms. The number of aromatic nitrogens is 1. The van der Waals surface area contributed by atoms with Gasteiger partial charge in [0.25, 0.3) is 5.91 Å². The summed E-state index contributed by atoms with van der Waals surface area (Å²) in [6, 6.07) is 2.05. The first-order valence-corrected chi connectivity index (χ1v) is 14.5. The molecule has 5 saturated carbocycles. The normalized spacial score (nSPS) is 35.8. The van der Waals surface area contributed by atoms with Crippen molar-refractivity contribution in [3.05, 3.63) is 17.3 Å². The Morgan fingerprint density at radius 2 is 1.83 bits per heavy atom. The van der Waals surface area contributed by atoms with Crippen LogP contribution in [0.4, 0.5) is 5.82 Å². The molecule has 0 spiro atoms. The lowest BCUT2D eigenvalue weighted by Gasteiger charge is -2.58. The number of carbonyl (C=O) groups excluding carboxylic acids is 1. The minimum absolute atomic E-state index is 0.0434. The molecular formula is C28H39N3O4S. The van der Waals surface area contributed by atoms with Crippen LogP contribution >= 0.6 is 12.6 Å². The number of amides is 1. The molecule has 1 aliphatic heterocycles. The molecule has 3 atom stereocenters. The highest BCUT2D eigenvalue weighted by molar-refractivity contribution is 7.80. The fourth-order valence-electron chi connectivity index (χ4n) is 8.55. The van der Waals surface area contributed by atoms with Gasteiger partial charge in [0.1, 0.15) is 5.82 Å². The zero-order chi connectivity index (χ0) is 25.0.